The number of nitrogens with zero attached hydrogens (tertiary/aromatic N) is 4. The van der Waals surface area contributed by atoms with Crippen LogP contribution >= 0.6 is 23.4 Å². The van der Waals surface area contributed by atoms with Crippen molar-refractivity contribution in [2.45, 2.75) is 6.92 Å². The van der Waals surface area contributed by atoms with Crippen molar-refractivity contribution in [3.63, 3.8) is 0 Å². The normalized spacial score (nSPS) is 18.5. The van der Waals surface area contributed by atoms with Crippen molar-refractivity contribution < 1.29 is 4.79 Å². The summed E-state index contributed by atoms with van der Waals surface area (Å²) in [6, 6.07) is 11.1. The molecule has 0 aliphatic carbocycles. The third-order valence-corrected chi connectivity index (χ3v) is 4.81. The number of amides is 1. The molecule has 0 spiro atoms. The Balaban J connectivity index is 1.75. The predicted octanol–water partition coefficient (Wildman–Crippen LogP) is 3.77. The number of thioether (sulfide) groups is 1. The van der Waals surface area contributed by atoms with E-state index in [9.17, 15) is 4.79 Å². The van der Waals surface area contributed by atoms with E-state index in [-0.39, 0.29) is 11.4 Å². The number of aromatic nitrogens is 1. The summed E-state index contributed by atoms with van der Waals surface area (Å²) in [4.78, 5) is 16.4. The van der Waals surface area contributed by atoms with Gasteiger partial charge in [-0.15, -0.1) is 0 Å². The van der Waals surface area contributed by atoms with Crippen LogP contribution in [0.2, 0.25) is 5.02 Å². The zero-order valence-corrected chi connectivity index (χ0v) is 14.7. The summed E-state index contributed by atoms with van der Waals surface area (Å²) < 4.78 is 1.91. The van der Waals surface area contributed by atoms with Gasteiger partial charge in [0.15, 0.2) is 5.84 Å². The zero-order valence-electron chi connectivity index (χ0n) is 13.1. The lowest BCUT2D eigenvalue weighted by Crippen LogP contribution is -2.35. The fourth-order valence-electron chi connectivity index (χ4n) is 2.58. The minimum Gasteiger partial charge on any atom is -0.317 e. The number of hydrogen-bond donors (Lipinski definition) is 1. The topological polar surface area (TPSA) is 73.8 Å². The number of carbonyl (C=O) groups is 1. The lowest BCUT2D eigenvalue weighted by molar-refractivity contribution is -0.114. The Morgan fingerprint density at radius 1 is 1.24 bits per heavy atom. The highest BCUT2D eigenvalue weighted by Crippen LogP contribution is 2.28. The van der Waals surface area contributed by atoms with Crippen LogP contribution in [0.1, 0.15) is 12.6 Å². The Morgan fingerprint density at radius 2 is 2.00 bits per heavy atom. The number of halogens is 1. The van der Waals surface area contributed by atoms with E-state index in [1.807, 2.05) is 42.0 Å². The van der Waals surface area contributed by atoms with Gasteiger partial charge in [0, 0.05) is 22.6 Å². The van der Waals surface area contributed by atoms with Gasteiger partial charge in [-0.05, 0) is 61.2 Å². The van der Waals surface area contributed by atoms with Crippen LogP contribution in [0.25, 0.3) is 11.8 Å². The first-order valence-electron chi connectivity index (χ1n) is 7.43. The van der Waals surface area contributed by atoms with E-state index in [1.165, 1.54) is 16.8 Å². The maximum atomic E-state index is 12.4. The number of carbonyl (C=O) groups excluding carboxylic acids is 1. The van der Waals surface area contributed by atoms with Gasteiger partial charge in [-0.3, -0.25) is 10.2 Å². The molecule has 0 atom stereocenters. The van der Waals surface area contributed by atoms with Gasteiger partial charge in [-0.2, -0.15) is 15.1 Å². The maximum Gasteiger partial charge on any atom is 0.283 e. The highest BCUT2D eigenvalue weighted by molar-refractivity contribution is 8.26. The molecule has 1 aromatic carbocycles. The van der Waals surface area contributed by atoms with Crippen molar-refractivity contribution in [1.82, 2.24) is 9.58 Å². The number of benzene rings is 1. The minimum absolute atomic E-state index is 0.0307. The molecule has 8 heteroatoms. The standard InChI is InChI=1S/C17H12ClN5OS/c1-10-21-23-15(19)14(16(24)20-17(23)25-10)9-13-3-2-8-22(13)12-6-4-11(18)5-7-12/h2-9,19H,1H3/b14-9-,19-15?. The molecule has 1 N–H and O–H groups in total. The van der Waals surface area contributed by atoms with Crippen molar-refractivity contribution in [3.05, 3.63) is 58.9 Å². The van der Waals surface area contributed by atoms with Gasteiger partial charge < -0.3 is 4.57 Å². The van der Waals surface area contributed by atoms with Gasteiger partial charge in [0.05, 0.1) is 10.6 Å². The Labute approximate surface area is 153 Å². The van der Waals surface area contributed by atoms with Crippen LogP contribution in [0, 0.1) is 5.41 Å². The van der Waals surface area contributed by atoms with Crippen LogP contribution in [0.15, 0.2) is 58.3 Å². The summed E-state index contributed by atoms with van der Waals surface area (Å²) in [5, 5.41) is 15.8. The quantitative estimate of drug-likeness (QED) is 0.819. The largest absolute Gasteiger partial charge is 0.317 e. The van der Waals surface area contributed by atoms with E-state index >= 15 is 0 Å². The summed E-state index contributed by atoms with van der Waals surface area (Å²) >= 11 is 7.23. The van der Waals surface area contributed by atoms with E-state index in [4.69, 9.17) is 17.0 Å². The second-order valence-electron chi connectivity index (χ2n) is 5.42. The highest BCUT2D eigenvalue weighted by Gasteiger charge is 2.34. The molecule has 25 heavy (non-hydrogen) atoms. The van der Waals surface area contributed by atoms with Gasteiger partial charge in [0.2, 0.25) is 5.17 Å². The molecule has 3 heterocycles. The molecule has 2 aliphatic rings. The Hall–Kier alpha value is -2.64. The fourth-order valence-corrected chi connectivity index (χ4v) is 3.44. The third kappa shape index (κ3) is 2.81. The molecule has 124 valence electrons. The van der Waals surface area contributed by atoms with Crippen molar-refractivity contribution in [2.75, 3.05) is 0 Å². The molecule has 2 aromatic rings. The van der Waals surface area contributed by atoms with E-state index in [0.29, 0.717) is 10.2 Å². The molecule has 0 saturated heterocycles. The second kappa shape index (κ2) is 6.02. The van der Waals surface area contributed by atoms with Gasteiger partial charge in [-0.25, -0.2) is 0 Å². The highest BCUT2D eigenvalue weighted by atomic mass is 35.5. The monoisotopic (exact) mass is 369 g/mol. The van der Waals surface area contributed by atoms with Crippen LogP contribution in [0.3, 0.4) is 0 Å². The molecule has 2 aliphatic heterocycles. The lowest BCUT2D eigenvalue weighted by Gasteiger charge is -2.20. The number of nitrogens with one attached hydrogen (secondary N) is 1. The summed E-state index contributed by atoms with van der Waals surface area (Å²) in [5.41, 5.74) is 1.88. The summed E-state index contributed by atoms with van der Waals surface area (Å²) in [6.45, 7) is 1.82. The minimum atomic E-state index is -0.433. The summed E-state index contributed by atoms with van der Waals surface area (Å²) in [5.74, 6) is -0.402. The average Bonchev–Trinajstić information content (AvgIpc) is 3.18. The smallest absolute Gasteiger partial charge is 0.283 e. The molecule has 0 unspecified atom stereocenters. The SMILES string of the molecule is CC1=NN2C(=N)/C(=C/c3cccn3-c3ccc(Cl)cc3)C(=O)N=C2S1. The van der Waals surface area contributed by atoms with E-state index in [2.05, 4.69) is 10.1 Å². The number of hydrazone groups is 1. The lowest BCUT2D eigenvalue weighted by atomic mass is 10.1. The van der Waals surface area contributed by atoms with Crippen molar-refractivity contribution in [3.8, 4) is 5.69 Å². The first kappa shape index (κ1) is 15.9. The Bertz CT molecular complexity index is 987. The van der Waals surface area contributed by atoms with Crippen LogP contribution in [0.5, 0.6) is 0 Å². The number of rotatable bonds is 2. The van der Waals surface area contributed by atoms with Crippen LogP contribution < -0.4 is 0 Å². The number of hydrogen-bond acceptors (Lipinski definition) is 4. The number of aliphatic imine (C=N–C) groups is 1. The number of amidine groups is 2. The number of fused-ring (bicyclic) bond motifs is 1. The molecule has 0 bridgehead atoms. The molecule has 0 radical (unpaired) electrons. The predicted molar refractivity (Wildman–Crippen MR) is 101 cm³/mol. The van der Waals surface area contributed by atoms with Crippen LogP contribution in [-0.4, -0.2) is 31.5 Å². The van der Waals surface area contributed by atoms with Crippen molar-refractivity contribution in [2.24, 2.45) is 10.1 Å². The Kier molecular flexibility index (Phi) is 3.82. The molecule has 4 rings (SSSR count). The summed E-state index contributed by atoms with van der Waals surface area (Å²) in [7, 11) is 0. The van der Waals surface area contributed by atoms with E-state index in [0.717, 1.165) is 16.4 Å². The van der Waals surface area contributed by atoms with E-state index in [1.54, 1.807) is 18.2 Å². The second-order valence-corrected chi connectivity index (χ2v) is 7.02. The van der Waals surface area contributed by atoms with Crippen molar-refractivity contribution in [1.29, 1.82) is 5.41 Å². The molecular formula is C17H12ClN5OS. The maximum absolute atomic E-state index is 12.4. The van der Waals surface area contributed by atoms with Crippen LogP contribution in [0.4, 0.5) is 0 Å². The van der Waals surface area contributed by atoms with Gasteiger partial charge >= 0.3 is 0 Å². The average molecular weight is 370 g/mol. The van der Waals surface area contributed by atoms with Gasteiger partial charge in [-0.1, -0.05) is 11.6 Å². The zero-order chi connectivity index (χ0) is 17.6. The third-order valence-electron chi connectivity index (χ3n) is 3.73. The van der Waals surface area contributed by atoms with E-state index < -0.39 is 5.91 Å². The molecule has 1 amide bonds. The summed E-state index contributed by atoms with van der Waals surface area (Å²) in [6.07, 6.45) is 3.54. The Morgan fingerprint density at radius 3 is 2.76 bits per heavy atom. The van der Waals surface area contributed by atoms with Gasteiger partial charge in [0.1, 0.15) is 0 Å². The first-order chi connectivity index (χ1) is 12.0. The van der Waals surface area contributed by atoms with Crippen LogP contribution in [-0.2, 0) is 4.79 Å². The molecule has 1 aromatic heterocycles. The molecular weight excluding hydrogens is 358 g/mol. The molecule has 6 nitrogen and oxygen atoms in total. The fraction of sp³-hybridized carbons (Fsp3) is 0.0588. The van der Waals surface area contributed by atoms with Crippen molar-refractivity contribution >= 4 is 51.4 Å². The first-order valence-corrected chi connectivity index (χ1v) is 8.62. The van der Waals surface area contributed by atoms with Gasteiger partial charge in [0.25, 0.3) is 5.91 Å². The molecule has 0 saturated carbocycles. The molecule has 0 fully saturated rings.